The van der Waals surface area contributed by atoms with Crippen molar-refractivity contribution < 1.29 is 14.2 Å². The summed E-state index contributed by atoms with van der Waals surface area (Å²) < 4.78 is 19.2. The number of hydrogen-bond donors (Lipinski definition) is 1. The Labute approximate surface area is 107 Å². The molecule has 1 heterocycles. The zero-order chi connectivity index (χ0) is 13.1. The number of ether oxygens (including phenoxy) is 1. The number of benzene rings is 1. The van der Waals surface area contributed by atoms with Crippen LogP contribution < -0.4 is 0 Å². The fourth-order valence-electron chi connectivity index (χ4n) is 2.27. The lowest BCUT2D eigenvalue weighted by Crippen LogP contribution is -2.47. The number of rotatable bonds is 3. The first-order valence-corrected chi connectivity index (χ1v) is 6.37. The van der Waals surface area contributed by atoms with Crippen molar-refractivity contribution in [3.8, 4) is 0 Å². The van der Waals surface area contributed by atoms with Crippen LogP contribution in [0.2, 0.25) is 0 Å². The molecule has 18 heavy (non-hydrogen) atoms. The fourth-order valence-corrected chi connectivity index (χ4v) is 2.27. The molecule has 3 nitrogen and oxygen atoms in total. The highest BCUT2D eigenvalue weighted by molar-refractivity contribution is 5.21. The minimum Gasteiger partial charge on any atom is -0.386 e. The van der Waals surface area contributed by atoms with E-state index in [4.69, 9.17) is 4.74 Å². The van der Waals surface area contributed by atoms with E-state index in [1.807, 2.05) is 0 Å². The summed E-state index contributed by atoms with van der Waals surface area (Å²) in [6.45, 7) is 6.29. The van der Waals surface area contributed by atoms with Gasteiger partial charge in [-0.3, -0.25) is 4.90 Å². The lowest BCUT2D eigenvalue weighted by atomic mass is 10.0. The zero-order valence-electron chi connectivity index (χ0n) is 10.8. The molecule has 100 valence electrons. The van der Waals surface area contributed by atoms with Gasteiger partial charge >= 0.3 is 0 Å². The molecule has 1 aromatic carbocycles. The Morgan fingerprint density at radius 1 is 1.39 bits per heavy atom. The molecule has 0 amide bonds. The van der Waals surface area contributed by atoms with E-state index in [-0.39, 0.29) is 11.9 Å². The van der Waals surface area contributed by atoms with Crippen molar-refractivity contribution in [1.29, 1.82) is 0 Å². The van der Waals surface area contributed by atoms with Gasteiger partial charge in [0.2, 0.25) is 0 Å². The van der Waals surface area contributed by atoms with Gasteiger partial charge in [0.15, 0.2) is 0 Å². The topological polar surface area (TPSA) is 32.7 Å². The Morgan fingerprint density at radius 3 is 2.78 bits per heavy atom. The Kier molecular flexibility index (Phi) is 4.32. The molecule has 0 saturated carbocycles. The van der Waals surface area contributed by atoms with Crippen LogP contribution in [0.25, 0.3) is 0 Å². The van der Waals surface area contributed by atoms with E-state index in [1.165, 1.54) is 6.07 Å². The average Bonchev–Trinajstić information content (AvgIpc) is 2.38. The summed E-state index contributed by atoms with van der Waals surface area (Å²) in [5, 5.41) is 10.2. The third kappa shape index (κ3) is 2.88. The minimum absolute atomic E-state index is 0.313. The molecule has 1 saturated heterocycles. The molecule has 2 atom stereocenters. The van der Waals surface area contributed by atoms with Crippen molar-refractivity contribution in [2.75, 3.05) is 19.7 Å². The van der Waals surface area contributed by atoms with E-state index in [1.54, 1.807) is 18.2 Å². The average molecular weight is 253 g/mol. The Balaban J connectivity index is 2.09. The quantitative estimate of drug-likeness (QED) is 0.894. The van der Waals surface area contributed by atoms with Gasteiger partial charge in [0.25, 0.3) is 0 Å². The second-order valence-corrected chi connectivity index (χ2v) is 4.96. The van der Waals surface area contributed by atoms with Crippen LogP contribution in [-0.2, 0) is 4.74 Å². The SMILES string of the molecule is CC(C)N1CCOC(C(O)c2ccccc2F)C1. The number of nitrogens with zero attached hydrogens (tertiary/aromatic N) is 1. The highest BCUT2D eigenvalue weighted by atomic mass is 19.1. The lowest BCUT2D eigenvalue weighted by Gasteiger charge is -2.37. The predicted octanol–water partition coefficient (Wildman–Crippen LogP) is 1.97. The largest absolute Gasteiger partial charge is 0.386 e. The standard InChI is InChI=1S/C14H20FNO2/c1-10(2)16-7-8-18-13(9-16)14(17)11-5-3-4-6-12(11)15/h3-6,10,13-14,17H,7-9H2,1-2H3. The van der Waals surface area contributed by atoms with Gasteiger partial charge in [0, 0.05) is 24.7 Å². The highest BCUT2D eigenvalue weighted by Crippen LogP contribution is 2.24. The Bertz CT molecular complexity index is 397. The van der Waals surface area contributed by atoms with Crippen molar-refractivity contribution in [2.24, 2.45) is 0 Å². The normalized spacial score (nSPS) is 23.3. The first-order chi connectivity index (χ1) is 8.59. The molecule has 2 unspecified atom stereocenters. The number of halogens is 1. The zero-order valence-corrected chi connectivity index (χ0v) is 10.8. The monoisotopic (exact) mass is 253 g/mol. The van der Waals surface area contributed by atoms with Gasteiger partial charge in [0.05, 0.1) is 6.61 Å². The lowest BCUT2D eigenvalue weighted by molar-refractivity contribution is -0.0969. The predicted molar refractivity (Wildman–Crippen MR) is 67.8 cm³/mol. The molecule has 1 aliphatic heterocycles. The maximum atomic E-state index is 13.6. The van der Waals surface area contributed by atoms with Crippen LogP contribution in [0.15, 0.2) is 24.3 Å². The van der Waals surface area contributed by atoms with E-state index >= 15 is 0 Å². The van der Waals surface area contributed by atoms with Gasteiger partial charge in [-0.1, -0.05) is 18.2 Å². The van der Waals surface area contributed by atoms with Crippen LogP contribution in [0.3, 0.4) is 0 Å². The number of aliphatic hydroxyl groups excluding tert-OH is 1. The van der Waals surface area contributed by atoms with Crippen LogP contribution in [0, 0.1) is 5.82 Å². The van der Waals surface area contributed by atoms with Gasteiger partial charge in [0.1, 0.15) is 18.0 Å². The molecular formula is C14H20FNO2. The number of aliphatic hydroxyl groups is 1. The first kappa shape index (κ1) is 13.5. The van der Waals surface area contributed by atoms with Crippen LogP contribution in [0.5, 0.6) is 0 Å². The molecular weight excluding hydrogens is 233 g/mol. The van der Waals surface area contributed by atoms with E-state index in [0.29, 0.717) is 24.8 Å². The summed E-state index contributed by atoms with van der Waals surface area (Å²) in [4.78, 5) is 2.23. The maximum absolute atomic E-state index is 13.6. The van der Waals surface area contributed by atoms with E-state index in [0.717, 1.165) is 6.54 Å². The molecule has 1 N–H and O–H groups in total. The second kappa shape index (κ2) is 5.78. The first-order valence-electron chi connectivity index (χ1n) is 6.37. The summed E-state index contributed by atoms with van der Waals surface area (Å²) in [6, 6.07) is 6.72. The summed E-state index contributed by atoms with van der Waals surface area (Å²) >= 11 is 0. The molecule has 0 radical (unpaired) electrons. The van der Waals surface area contributed by atoms with Gasteiger partial charge in [-0.25, -0.2) is 4.39 Å². The summed E-state index contributed by atoms with van der Waals surface area (Å²) in [5.41, 5.74) is 0.313. The third-order valence-electron chi connectivity index (χ3n) is 3.43. The van der Waals surface area contributed by atoms with Gasteiger partial charge in [-0.15, -0.1) is 0 Å². The summed E-state index contributed by atoms with van der Waals surface area (Å²) in [6.07, 6.45) is -1.27. The molecule has 1 aromatic rings. The van der Waals surface area contributed by atoms with Crippen molar-refractivity contribution in [1.82, 2.24) is 4.90 Å². The maximum Gasteiger partial charge on any atom is 0.129 e. The smallest absolute Gasteiger partial charge is 0.129 e. The number of morpholine rings is 1. The summed E-state index contributed by atoms with van der Waals surface area (Å²) in [5.74, 6) is -0.379. The van der Waals surface area contributed by atoms with Gasteiger partial charge < -0.3 is 9.84 Å². The third-order valence-corrected chi connectivity index (χ3v) is 3.43. The second-order valence-electron chi connectivity index (χ2n) is 4.96. The van der Waals surface area contributed by atoms with E-state index in [9.17, 15) is 9.50 Å². The molecule has 0 aliphatic carbocycles. The van der Waals surface area contributed by atoms with Gasteiger partial charge in [-0.05, 0) is 19.9 Å². The molecule has 0 aromatic heterocycles. The van der Waals surface area contributed by atoms with Crippen molar-refractivity contribution >= 4 is 0 Å². The molecule has 1 aliphatic rings. The van der Waals surface area contributed by atoms with Crippen LogP contribution >= 0.6 is 0 Å². The molecule has 2 rings (SSSR count). The van der Waals surface area contributed by atoms with Crippen molar-refractivity contribution in [2.45, 2.75) is 32.1 Å². The summed E-state index contributed by atoms with van der Waals surface area (Å²) in [7, 11) is 0. The van der Waals surface area contributed by atoms with E-state index < -0.39 is 6.10 Å². The van der Waals surface area contributed by atoms with E-state index in [2.05, 4.69) is 18.7 Å². The molecule has 1 fully saturated rings. The number of hydrogen-bond acceptors (Lipinski definition) is 3. The minimum atomic E-state index is -0.909. The van der Waals surface area contributed by atoms with Crippen molar-refractivity contribution in [3.63, 3.8) is 0 Å². The molecule has 4 heteroatoms. The Hall–Kier alpha value is -0.970. The van der Waals surface area contributed by atoms with Crippen LogP contribution in [-0.4, -0.2) is 41.8 Å². The molecule has 0 bridgehead atoms. The Morgan fingerprint density at radius 2 is 2.11 bits per heavy atom. The van der Waals surface area contributed by atoms with Gasteiger partial charge in [-0.2, -0.15) is 0 Å². The van der Waals surface area contributed by atoms with Crippen LogP contribution in [0.4, 0.5) is 4.39 Å². The fraction of sp³-hybridized carbons (Fsp3) is 0.571. The molecule has 0 spiro atoms. The van der Waals surface area contributed by atoms with Crippen molar-refractivity contribution in [3.05, 3.63) is 35.6 Å². The van der Waals surface area contributed by atoms with Crippen LogP contribution in [0.1, 0.15) is 25.5 Å². The highest BCUT2D eigenvalue weighted by Gasteiger charge is 2.30.